The van der Waals surface area contributed by atoms with Gasteiger partial charge in [0.1, 0.15) is 6.61 Å². The SMILES string of the molecule is COc1cc(/C=C2/SC(=O)N(Cc3ccccc3[N+](=O)[O-])C2=O)ccc1OCc1ccc([N+](=O)[O-])cc1. The van der Waals surface area contributed by atoms with Crippen LogP contribution < -0.4 is 9.47 Å². The third kappa shape index (κ3) is 5.76. The van der Waals surface area contributed by atoms with E-state index in [0.29, 0.717) is 17.1 Å². The molecule has 3 aromatic carbocycles. The van der Waals surface area contributed by atoms with Crippen LogP contribution in [-0.2, 0) is 17.9 Å². The van der Waals surface area contributed by atoms with E-state index in [2.05, 4.69) is 0 Å². The average molecular weight is 522 g/mol. The summed E-state index contributed by atoms with van der Waals surface area (Å²) >= 11 is 0.747. The summed E-state index contributed by atoms with van der Waals surface area (Å²) in [4.78, 5) is 47.6. The summed E-state index contributed by atoms with van der Waals surface area (Å²) in [6.07, 6.45) is 1.53. The highest BCUT2D eigenvalue weighted by molar-refractivity contribution is 8.18. The van der Waals surface area contributed by atoms with Gasteiger partial charge >= 0.3 is 0 Å². The molecule has 0 unspecified atom stereocenters. The molecule has 0 spiro atoms. The first-order valence-electron chi connectivity index (χ1n) is 10.8. The third-order valence-corrected chi connectivity index (χ3v) is 6.32. The van der Waals surface area contributed by atoms with Crippen LogP contribution in [0.2, 0.25) is 0 Å². The Hall–Kier alpha value is -4.71. The number of nitro benzene ring substituents is 2. The van der Waals surface area contributed by atoms with Crippen molar-refractivity contribution in [1.82, 2.24) is 4.90 Å². The lowest BCUT2D eigenvalue weighted by Crippen LogP contribution is -2.27. The number of imide groups is 1. The number of carbonyl (C=O) groups excluding carboxylic acids is 2. The first kappa shape index (κ1) is 25.4. The van der Waals surface area contributed by atoms with Gasteiger partial charge in [-0.05, 0) is 53.2 Å². The minimum absolute atomic E-state index is 0.0166. The Morgan fingerprint density at radius 3 is 2.35 bits per heavy atom. The van der Waals surface area contributed by atoms with Crippen molar-refractivity contribution in [3.05, 3.63) is 109 Å². The zero-order chi connectivity index (χ0) is 26.5. The highest BCUT2D eigenvalue weighted by atomic mass is 32.2. The Labute approximate surface area is 214 Å². The van der Waals surface area contributed by atoms with Gasteiger partial charge in [-0.3, -0.25) is 34.7 Å². The number of nitro groups is 2. The van der Waals surface area contributed by atoms with Gasteiger partial charge in [-0.2, -0.15) is 0 Å². The van der Waals surface area contributed by atoms with Crippen LogP contribution in [0.5, 0.6) is 11.5 Å². The molecule has 1 aliphatic rings. The second-order valence-corrected chi connectivity index (χ2v) is 8.77. The minimum Gasteiger partial charge on any atom is -0.493 e. The van der Waals surface area contributed by atoms with Crippen molar-refractivity contribution in [3.63, 3.8) is 0 Å². The second kappa shape index (κ2) is 10.9. The van der Waals surface area contributed by atoms with Gasteiger partial charge in [0.05, 0.1) is 28.4 Å². The molecule has 37 heavy (non-hydrogen) atoms. The fourth-order valence-corrected chi connectivity index (χ4v) is 4.39. The van der Waals surface area contributed by atoms with Crippen LogP contribution in [0.4, 0.5) is 16.2 Å². The van der Waals surface area contributed by atoms with Gasteiger partial charge in [0.15, 0.2) is 11.5 Å². The lowest BCUT2D eigenvalue weighted by molar-refractivity contribution is -0.385. The van der Waals surface area contributed by atoms with Crippen LogP contribution >= 0.6 is 11.8 Å². The maximum atomic E-state index is 12.9. The summed E-state index contributed by atoms with van der Waals surface area (Å²) in [7, 11) is 1.46. The highest BCUT2D eigenvalue weighted by Crippen LogP contribution is 2.36. The molecule has 0 radical (unpaired) electrons. The molecular formula is C25H19N3O8S. The van der Waals surface area contributed by atoms with E-state index in [1.165, 1.54) is 43.5 Å². The Bertz CT molecular complexity index is 1420. The predicted molar refractivity (Wildman–Crippen MR) is 135 cm³/mol. The molecule has 11 nitrogen and oxygen atoms in total. The molecule has 0 atom stereocenters. The summed E-state index contributed by atoms with van der Waals surface area (Å²) in [5.41, 5.74) is 1.38. The number of carbonyl (C=O) groups is 2. The molecular weight excluding hydrogens is 502 g/mol. The van der Waals surface area contributed by atoms with Crippen LogP contribution in [0.3, 0.4) is 0 Å². The molecule has 1 fully saturated rings. The topological polar surface area (TPSA) is 142 Å². The molecule has 0 aliphatic carbocycles. The number of rotatable bonds is 9. The lowest BCUT2D eigenvalue weighted by Gasteiger charge is -2.12. The monoisotopic (exact) mass is 521 g/mol. The first-order valence-corrected chi connectivity index (χ1v) is 11.6. The van der Waals surface area contributed by atoms with Crippen LogP contribution in [0.25, 0.3) is 6.08 Å². The Balaban J connectivity index is 1.48. The molecule has 1 saturated heterocycles. The normalized spacial score (nSPS) is 14.2. The maximum absolute atomic E-state index is 12.9. The highest BCUT2D eigenvalue weighted by Gasteiger charge is 2.36. The molecule has 2 amide bonds. The largest absolute Gasteiger partial charge is 0.493 e. The number of hydrogen-bond acceptors (Lipinski definition) is 9. The molecule has 0 saturated carbocycles. The number of thioether (sulfide) groups is 1. The molecule has 3 aromatic rings. The number of nitrogens with zero attached hydrogens (tertiary/aromatic N) is 3. The molecule has 1 aliphatic heterocycles. The third-order valence-electron chi connectivity index (χ3n) is 5.42. The number of non-ortho nitro benzene ring substituents is 1. The number of ether oxygens (including phenoxy) is 2. The number of methoxy groups -OCH3 is 1. The van der Waals surface area contributed by atoms with Crippen molar-refractivity contribution >= 4 is 40.4 Å². The summed E-state index contributed by atoms with van der Waals surface area (Å²) in [6, 6.07) is 16.9. The van der Waals surface area contributed by atoms with E-state index in [-0.39, 0.29) is 35.0 Å². The molecule has 188 valence electrons. The molecule has 1 heterocycles. The van der Waals surface area contributed by atoms with Crippen LogP contribution in [0.15, 0.2) is 71.6 Å². The predicted octanol–water partition coefficient (Wildman–Crippen LogP) is 5.33. The van der Waals surface area contributed by atoms with E-state index in [9.17, 15) is 29.8 Å². The summed E-state index contributed by atoms with van der Waals surface area (Å²) < 4.78 is 11.2. The number of para-hydroxylation sites is 1. The fourth-order valence-electron chi connectivity index (χ4n) is 3.55. The molecule has 0 N–H and O–H groups in total. The summed E-state index contributed by atoms with van der Waals surface area (Å²) in [5.74, 6) is 0.253. The van der Waals surface area contributed by atoms with E-state index in [4.69, 9.17) is 9.47 Å². The van der Waals surface area contributed by atoms with E-state index < -0.39 is 21.0 Å². The van der Waals surface area contributed by atoms with Gasteiger partial charge in [0.25, 0.3) is 22.5 Å². The van der Waals surface area contributed by atoms with Gasteiger partial charge in [0, 0.05) is 23.8 Å². The minimum atomic E-state index is -0.554. The van der Waals surface area contributed by atoms with Crippen LogP contribution in [-0.4, -0.2) is 33.0 Å². The lowest BCUT2D eigenvalue weighted by atomic mass is 10.1. The zero-order valence-electron chi connectivity index (χ0n) is 19.4. The van der Waals surface area contributed by atoms with Gasteiger partial charge in [-0.15, -0.1) is 0 Å². The Kier molecular flexibility index (Phi) is 7.49. The van der Waals surface area contributed by atoms with Gasteiger partial charge in [0.2, 0.25) is 0 Å². The molecule has 0 aromatic heterocycles. The summed E-state index contributed by atoms with van der Waals surface area (Å²) in [5, 5.41) is 21.5. The van der Waals surface area contributed by atoms with Crippen molar-refractivity contribution in [2.75, 3.05) is 7.11 Å². The van der Waals surface area contributed by atoms with Crippen LogP contribution in [0.1, 0.15) is 16.7 Å². The van der Waals surface area contributed by atoms with Gasteiger partial charge in [-0.25, -0.2) is 0 Å². The van der Waals surface area contributed by atoms with Crippen LogP contribution in [0, 0.1) is 20.2 Å². The zero-order valence-corrected chi connectivity index (χ0v) is 20.2. The maximum Gasteiger partial charge on any atom is 0.293 e. The molecule has 0 bridgehead atoms. The van der Waals surface area contributed by atoms with Gasteiger partial charge in [-0.1, -0.05) is 24.3 Å². The smallest absolute Gasteiger partial charge is 0.293 e. The van der Waals surface area contributed by atoms with Crippen molar-refractivity contribution in [1.29, 1.82) is 0 Å². The first-order chi connectivity index (χ1) is 17.8. The van der Waals surface area contributed by atoms with Crippen molar-refractivity contribution in [2.24, 2.45) is 0 Å². The number of hydrogen-bond donors (Lipinski definition) is 0. The fraction of sp³-hybridized carbons (Fsp3) is 0.120. The average Bonchev–Trinajstić information content (AvgIpc) is 3.15. The molecule has 4 rings (SSSR count). The van der Waals surface area contributed by atoms with Crippen molar-refractivity contribution in [3.8, 4) is 11.5 Å². The van der Waals surface area contributed by atoms with E-state index in [1.807, 2.05) is 0 Å². The number of benzene rings is 3. The number of amides is 2. The van der Waals surface area contributed by atoms with E-state index >= 15 is 0 Å². The Morgan fingerprint density at radius 1 is 0.946 bits per heavy atom. The van der Waals surface area contributed by atoms with E-state index in [0.717, 1.165) is 22.2 Å². The van der Waals surface area contributed by atoms with E-state index in [1.54, 1.807) is 36.4 Å². The standard InChI is InChI=1S/C25H19N3O8S/c1-35-22-12-17(8-11-21(22)36-15-16-6-9-19(10-7-16)27(31)32)13-23-24(29)26(25(30)37-23)14-18-4-2-3-5-20(18)28(33)34/h2-13H,14-15H2,1H3/b23-13+. The van der Waals surface area contributed by atoms with Crippen molar-refractivity contribution in [2.45, 2.75) is 13.2 Å². The quantitative estimate of drug-likeness (QED) is 0.207. The summed E-state index contributed by atoms with van der Waals surface area (Å²) in [6.45, 7) is -0.0594. The second-order valence-electron chi connectivity index (χ2n) is 7.78. The Morgan fingerprint density at radius 2 is 1.68 bits per heavy atom. The van der Waals surface area contributed by atoms with Crippen molar-refractivity contribution < 1.29 is 28.9 Å². The molecule has 12 heteroatoms. The van der Waals surface area contributed by atoms with Gasteiger partial charge < -0.3 is 9.47 Å².